The molecule has 3 rings (SSSR count). The predicted molar refractivity (Wildman–Crippen MR) is 86.2 cm³/mol. The van der Waals surface area contributed by atoms with Crippen LogP contribution >= 0.6 is 0 Å². The third-order valence-corrected chi connectivity index (χ3v) is 3.50. The van der Waals surface area contributed by atoms with Crippen molar-refractivity contribution in [2.24, 2.45) is 0 Å². The van der Waals surface area contributed by atoms with Gasteiger partial charge in [-0.1, -0.05) is 24.3 Å². The van der Waals surface area contributed by atoms with Crippen LogP contribution in [0.25, 0.3) is 10.8 Å². The molecule has 2 N–H and O–H groups in total. The van der Waals surface area contributed by atoms with Crippen LogP contribution in [0.3, 0.4) is 0 Å². The van der Waals surface area contributed by atoms with E-state index in [2.05, 4.69) is 10.4 Å². The van der Waals surface area contributed by atoms with E-state index in [4.69, 9.17) is 0 Å². The molecule has 0 aliphatic rings. The summed E-state index contributed by atoms with van der Waals surface area (Å²) in [7, 11) is 0. The fourth-order valence-electron chi connectivity index (χ4n) is 2.29. The van der Waals surface area contributed by atoms with Crippen molar-refractivity contribution in [3.8, 4) is 5.75 Å². The maximum Gasteiger partial charge on any atom is 0.259 e. The van der Waals surface area contributed by atoms with Gasteiger partial charge in [-0.2, -0.15) is 5.10 Å². The largest absolute Gasteiger partial charge is 0.507 e. The molecule has 0 unspecified atom stereocenters. The van der Waals surface area contributed by atoms with Gasteiger partial charge in [-0.05, 0) is 36.8 Å². The molecule has 0 bridgehead atoms. The summed E-state index contributed by atoms with van der Waals surface area (Å²) in [5.41, 5.74) is 0.849. The smallest absolute Gasteiger partial charge is 0.259 e. The first kappa shape index (κ1) is 14.1. The Hall–Kier alpha value is -2.82. The Morgan fingerprint density at radius 2 is 1.91 bits per heavy atom. The molecule has 22 heavy (non-hydrogen) atoms. The standard InChI is InChI=1S/C17H17N3O2/c1-11(2)20-10-14(9-18-20)19-17(22)15-7-12-5-3-4-6-13(12)8-16(15)21/h3-11,21H,1-2H3,(H,19,22). The van der Waals surface area contributed by atoms with Crippen molar-refractivity contribution in [1.82, 2.24) is 9.78 Å². The van der Waals surface area contributed by atoms with Gasteiger partial charge >= 0.3 is 0 Å². The van der Waals surface area contributed by atoms with Crippen molar-refractivity contribution < 1.29 is 9.90 Å². The number of anilines is 1. The van der Waals surface area contributed by atoms with E-state index in [0.29, 0.717) is 5.69 Å². The average Bonchev–Trinajstić information content (AvgIpc) is 2.95. The maximum atomic E-state index is 12.3. The molecule has 0 aliphatic carbocycles. The van der Waals surface area contributed by atoms with Crippen molar-refractivity contribution in [3.63, 3.8) is 0 Å². The van der Waals surface area contributed by atoms with E-state index < -0.39 is 0 Å². The van der Waals surface area contributed by atoms with Crippen LogP contribution in [-0.4, -0.2) is 20.8 Å². The summed E-state index contributed by atoms with van der Waals surface area (Å²) in [5, 5.41) is 18.8. The second-order valence-electron chi connectivity index (χ2n) is 5.47. The minimum Gasteiger partial charge on any atom is -0.507 e. The molecule has 0 fully saturated rings. The molecule has 2 aromatic carbocycles. The third kappa shape index (κ3) is 2.65. The summed E-state index contributed by atoms with van der Waals surface area (Å²) in [4.78, 5) is 12.3. The van der Waals surface area contributed by atoms with Gasteiger partial charge in [0.1, 0.15) is 5.75 Å². The first-order valence-electron chi connectivity index (χ1n) is 7.12. The number of carbonyl (C=O) groups excluding carboxylic acids is 1. The lowest BCUT2D eigenvalue weighted by molar-refractivity contribution is 0.102. The Morgan fingerprint density at radius 1 is 1.23 bits per heavy atom. The number of hydrogen-bond acceptors (Lipinski definition) is 3. The number of fused-ring (bicyclic) bond motifs is 1. The minimum absolute atomic E-state index is 0.0348. The van der Waals surface area contributed by atoms with Crippen LogP contribution in [0, 0.1) is 0 Å². The summed E-state index contributed by atoms with van der Waals surface area (Å²) >= 11 is 0. The Morgan fingerprint density at radius 3 is 2.55 bits per heavy atom. The number of nitrogens with zero attached hydrogens (tertiary/aromatic N) is 2. The van der Waals surface area contributed by atoms with Crippen LogP contribution in [0.2, 0.25) is 0 Å². The molecular weight excluding hydrogens is 278 g/mol. The number of carbonyl (C=O) groups is 1. The highest BCUT2D eigenvalue weighted by Crippen LogP contribution is 2.25. The van der Waals surface area contributed by atoms with Crippen LogP contribution < -0.4 is 5.32 Å². The minimum atomic E-state index is -0.355. The van der Waals surface area contributed by atoms with Gasteiger partial charge in [0.05, 0.1) is 17.4 Å². The van der Waals surface area contributed by atoms with Gasteiger partial charge in [0.15, 0.2) is 0 Å². The van der Waals surface area contributed by atoms with Crippen molar-refractivity contribution in [1.29, 1.82) is 0 Å². The molecule has 0 saturated heterocycles. The molecule has 5 heteroatoms. The molecule has 1 heterocycles. The molecule has 0 spiro atoms. The number of aromatic nitrogens is 2. The molecule has 0 radical (unpaired) electrons. The summed E-state index contributed by atoms with van der Waals surface area (Å²) in [6.07, 6.45) is 3.36. The number of rotatable bonds is 3. The predicted octanol–water partition coefficient (Wildman–Crippen LogP) is 3.58. The van der Waals surface area contributed by atoms with Crippen LogP contribution in [0.1, 0.15) is 30.2 Å². The second kappa shape index (κ2) is 5.52. The highest BCUT2D eigenvalue weighted by Gasteiger charge is 2.13. The van der Waals surface area contributed by atoms with Gasteiger partial charge in [0.25, 0.3) is 5.91 Å². The van der Waals surface area contributed by atoms with Gasteiger partial charge in [0, 0.05) is 12.2 Å². The number of amides is 1. The van der Waals surface area contributed by atoms with Crippen LogP contribution in [-0.2, 0) is 0 Å². The van der Waals surface area contributed by atoms with E-state index in [0.717, 1.165) is 10.8 Å². The van der Waals surface area contributed by atoms with E-state index in [9.17, 15) is 9.90 Å². The molecular formula is C17H17N3O2. The van der Waals surface area contributed by atoms with Crippen LogP contribution in [0.15, 0.2) is 48.8 Å². The summed E-state index contributed by atoms with van der Waals surface area (Å²) in [6, 6.07) is 11.1. The number of hydrogen-bond donors (Lipinski definition) is 2. The van der Waals surface area contributed by atoms with Gasteiger partial charge in [-0.3, -0.25) is 9.48 Å². The molecule has 3 aromatic rings. The fraction of sp³-hybridized carbons (Fsp3) is 0.176. The SMILES string of the molecule is CC(C)n1cc(NC(=O)c2cc3ccccc3cc2O)cn1. The van der Waals surface area contributed by atoms with Crippen LogP contribution in [0.5, 0.6) is 5.75 Å². The fourth-order valence-corrected chi connectivity index (χ4v) is 2.29. The zero-order valence-corrected chi connectivity index (χ0v) is 12.4. The van der Waals surface area contributed by atoms with Gasteiger partial charge in [0.2, 0.25) is 0 Å². The lowest BCUT2D eigenvalue weighted by atomic mass is 10.1. The van der Waals surface area contributed by atoms with Gasteiger partial charge in [-0.25, -0.2) is 0 Å². The number of benzene rings is 2. The monoisotopic (exact) mass is 295 g/mol. The topological polar surface area (TPSA) is 67.2 Å². The number of aromatic hydroxyl groups is 1. The van der Waals surface area contributed by atoms with E-state index in [-0.39, 0.29) is 23.3 Å². The number of phenolic OH excluding ortho intramolecular Hbond substituents is 1. The normalized spacial score (nSPS) is 11.0. The van der Waals surface area contributed by atoms with E-state index in [1.807, 2.05) is 38.1 Å². The zero-order chi connectivity index (χ0) is 15.7. The van der Waals surface area contributed by atoms with Gasteiger partial charge in [-0.15, -0.1) is 0 Å². The first-order valence-corrected chi connectivity index (χ1v) is 7.12. The van der Waals surface area contributed by atoms with E-state index in [1.165, 1.54) is 0 Å². The summed E-state index contributed by atoms with van der Waals surface area (Å²) < 4.78 is 1.76. The number of phenols is 1. The van der Waals surface area contributed by atoms with Crippen molar-refractivity contribution in [3.05, 3.63) is 54.4 Å². The molecule has 0 atom stereocenters. The summed E-state index contributed by atoms with van der Waals surface area (Å²) in [6.45, 7) is 4.02. The zero-order valence-electron chi connectivity index (χ0n) is 12.4. The van der Waals surface area contributed by atoms with Crippen LogP contribution in [0.4, 0.5) is 5.69 Å². The lowest BCUT2D eigenvalue weighted by Gasteiger charge is -2.07. The molecule has 5 nitrogen and oxygen atoms in total. The highest BCUT2D eigenvalue weighted by molar-refractivity contribution is 6.08. The summed E-state index contributed by atoms with van der Waals surface area (Å²) in [5.74, 6) is -0.390. The quantitative estimate of drug-likeness (QED) is 0.776. The van der Waals surface area contributed by atoms with E-state index >= 15 is 0 Å². The van der Waals surface area contributed by atoms with Crippen molar-refractivity contribution >= 4 is 22.4 Å². The first-order chi connectivity index (χ1) is 10.5. The Labute approximate surface area is 128 Å². The Balaban J connectivity index is 1.89. The molecule has 1 amide bonds. The lowest BCUT2D eigenvalue weighted by Crippen LogP contribution is -2.11. The Bertz CT molecular complexity index is 837. The molecule has 1 aromatic heterocycles. The van der Waals surface area contributed by atoms with Crippen molar-refractivity contribution in [2.75, 3.05) is 5.32 Å². The molecule has 0 aliphatic heterocycles. The second-order valence-corrected chi connectivity index (χ2v) is 5.47. The maximum absolute atomic E-state index is 12.3. The number of nitrogens with one attached hydrogen (secondary N) is 1. The average molecular weight is 295 g/mol. The Kier molecular flexibility index (Phi) is 3.55. The highest BCUT2D eigenvalue weighted by atomic mass is 16.3. The van der Waals surface area contributed by atoms with Crippen molar-refractivity contribution in [2.45, 2.75) is 19.9 Å². The van der Waals surface area contributed by atoms with Gasteiger partial charge < -0.3 is 10.4 Å². The van der Waals surface area contributed by atoms with E-state index in [1.54, 1.807) is 29.2 Å². The molecule has 112 valence electrons. The third-order valence-electron chi connectivity index (χ3n) is 3.50. The molecule has 0 saturated carbocycles.